The zero-order chi connectivity index (χ0) is 15.8. The van der Waals surface area contributed by atoms with Gasteiger partial charge >= 0.3 is 139 Å². The summed E-state index contributed by atoms with van der Waals surface area (Å²) >= 11 is 0.0825. The van der Waals surface area contributed by atoms with Crippen LogP contribution in [0.5, 0.6) is 0 Å². The van der Waals surface area contributed by atoms with Gasteiger partial charge in [-0.1, -0.05) is 0 Å². The first-order valence-corrected chi connectivity index (χ1v) is 9.76. The molecule has 3 rings (SSSR count). The number of esters is 1. The Morgan fingerprint density at radius 3 is 2.55 bits per heavy atom. The van der Waals surface area contributed by atoms with Crippen LogP contribution in [0.4, 0.5) is 0 Å². The SMILES string of the molecule is C=C[C@]12CCCC[C@@]1(C)CC(C)([Se]c1ccccc1)C(=O)O2. The molecule has 0 amide bonds. The van der Waals surface area contributed by atoms with Gasteiger partial charge in [0.2, 0.25) is 0 Å². The Labute approximate surface area is 139 Å². The van der Waals surface area contributed by atoms with Crippen LogP contribution in [0.1, 0.15) is 46.0 Å². The van der Waals surface area contributed by atoms with Crippen molar-refractivity contribution in [2.24, 2.45) is 5.41 Å². The van der Waals surface area contributed by atoms with E-state index in [1.54, 1.807) is 0 Å². The molecule has 1 aromatic carbocycles. The summed E-state index contributed by atoms with van der Waals surface area (Å²) in [5, 5.41) is 0. The van der Waals surface area contributed by atoms with E-state index in [9.17, 15) is 4.79 Å². The second kappa shape index (κ2) is 5.54. The van der Waals surface area contributed by atoms with Crippen molar-refractivity contribution in [1.82, 2.24) is 0 Å². The molecule has 1 saturated carbocycles. The summed E-state index contributed by atoms with van der Waals surface area (Å²) in [5.74, 6) is -0.0318. The molecule has 118 valence electrons. The average molecular weight is 363 g/mol. The summed E-state index contributed by atoms with van der Waals surface area (Å²) in [6.45, 7) is 8.38. The topological polar surface area (TPSA) is 26.3 Å². The van der Waals surface area contributed by atoms with E-state index in [-0.39, 0.29) is 30.7 Å². The van der Waals surface area contributed by atoms with Crippen molar-refractivity contribution in [2.45, 2.75) is 55.9 Å². The summed E-state index contributed by atoms with van der Waals surface area (Å²) in [5.41, 5.74) is -0.430. The fraction of sp³-hybridized carbons (Fsp3) is 0.526. The molecule has 0 spiro atoms. The van der Waals surface area contributed by atoms with Crippen molar-refractivity contribution in [1.29, 1.82) is 0 Å². The Bertz CT molecular complexity index is 584. The van der Waals surface area contributed by atoms with Crippen molar-refractivity contribution < 1.29 is 9.53 Å². The second-order valence-corrected chi connectivity index (χ2v) is 10.4. The quantitative estimate of drug-likeness (QED) is 0.466. The molecular formula is C19H24O2Se. The van der Waals surface area contributed by atoms with Gasteiger partial charge < -0.3 is 0 Å². The van der Waals surface area contributed by atoms with Crippen LogP contribution >= 0.6 is 0 Å². The van der Waals surface area contributed by atoms with Crippen molar-refractivity contribution in [3.63, 3.8) is 0 Å². The first-order valence-electron chi connectivity index (χ1n) is 8.04. The molecule has 0 bridgehead atoms. The van der Waals surface area contributed by atoms with Crippen LogP contribution in [0.2, 0.25) is 4.31 Å². The molecule has 2 fully saturated rings. The third-order valence-electron chi connectivity index (χ3n) is 5.40. The molecule has 1 saturated heterocycles. The first-order chi connectivity index (χ1) is 10.4. The fourth-order valence-electron chi connectivity index (χ4n) is 4.13. The Hall–Kier alpha value is -1.05. The zero-order valence-corrected chi connectivity index (χ0v) is 15.1. The molecule has 3 atom stereocenters. The molecule has 2 aliphatic rings. The van der Waals surface area contributed by atoms with Gasteiger partial charge in [-0.05, 0) is 0 Å². The Morgan fingerprint density at radius 1 is 1.18 bits per heavy atom. The number of rotatable bonds is 3. The summed E-state index contributed by atoms with van der Waals surface area (Å²) in [6, 6.07) is 10.4. The molecule has 3 heteroatoms. The Kier molecular flexibility index (Phi) is 3.99. The van der Waals surface area contributed by atoms with Crippen LogP contribution in [0, 0.1) is 5.41 Å². The predicted octanol–water partition coefficient (Wildman–Crippen LogP) is 3.65. The average Bonchev–Trinajstić information content (AvgIpc) is 2.49. The summed E-state index contributed by atoms with van der Waals surface area (Å²) in [6.07, 6.45) is 7.19. The second-order valence-electron chi connectivity index (χ2n) is 7.07. The molecule has 1 aliphatic heterocycles. The third kappa shape index (κ3) is 2.45. The van der Waals surface area contributed by atoms with Gasteiger partial charge in [0, 0.05) is 0 Å². The Morgan fingerprint density at radius 2 is 1.86 bits per heavy atom. The molecule has 22 heavy (non-hydrogen) atoms. The number of carbonyl (C=O) groups excluding carboxylic acids is 1. The van der Waals surface area contributed by atoms with E-state index in [2.05, 4.69) is 32.6 Å². The van der Waals surface area contributed by atoms with Gasteiger partial charge in [0.05, 0.1) is 0 Å². The van der Waals surface area contributed by atoms with Gasteiger partial charge in [-0.2, -0.15) is 0 Å². The van der Waals surface area contributed by atoms with Crippen LogP contribution in [-0.2, 0) is 9.53 Å². The third-order valence-corrected chi connectivity index (χ3v) is 8.06. The standard InChI is InChI=1S/C19H24O2Se/c1-4-19-13-9-8-12-17(19,2)14-18(3,16(20)21-19)22-15-10-6-5-7-11-15/h4-7,10-11H,1,8-9,12-14H2,2-3H3/t17-,18?,19-/m0/s1. The van der Waals surface area contributed by atoms with Gasteiger partial charge in [-0.3, -0.25) is 0 Å². The van der Waals surface area contributed by atoms with Crippen molar-refractivity contribution in [2.75, 3.05) is 0 Å². The van der Waals surface area contributed by atoms with E-state index < -0.39 is 5.60 Å². The minimum atomic E-state index is -0.450. The van der Waals surface area contributed by atoms with E-state index in [4.69, 9.17) is 4.74 Å². The molecule has 1 aromatic rings. The molecule has 0 radical (unpaired) electrons. The number of hydrogen-bond donors (Lipinski definition) is 0. The molecule has 1 aliphatic carbocycles. The molecule has 1 heterocycles. The molecular weight excluding hydrogens is 339 g/mol. The van der Waals surface area contributed by atoms with E-state index in [1.807, 2.05) is 24.3 Å². The van der Waals surface area contributed by atoms with Gasteiger partial charge in [-0.15, -0.1) is 0 Å². The monoisotopic (exact) mass is 364 g/mol. The van der Waals surface area contributed by atoms with Gasteiger partial charge in [0.15, 0.2) is 0 Å². The normalized spacial score (nSPS) is 38.0. The zero-order valence-electron chi connectivity index (χ0n) is 13.4. The van der Waals surface area contributed by atoms with Gasteiger partial charge in [0.1, 0.15) is 0 Å². The van der Waals surface area contributed by atoms with Crippen LogP contribution < -0.4 is 4.46 Å². The van der Waals surface area contributed by atoms with Crippen molar-refractivity contribution >= 4 is 25.4 Å². The number of fused-ring (bicyclic) bond motifs is 1. The summed E-state index contributed by atoms with van der Waals surface area (Å²) in [7, 11) is 0. The van der Waals surface area contributed by atoms with Crippen LogP contribution in [0.15, 0.2) is 43.0 Å². The minimum absolute atomic E-state index is 0.0200. The fourth-order valence-corrected chi connectivity index (χ4v) is 6.92. The van der Waals surface area contributed by atoms with Crippen molar-refractivity contribution in [3.8, 4) is 0 Å². The summed E-state index contributed by atoms with van der Waals surface area (Å²) < 4.78 is 6.96. The molecule has 0 aromatic heterocycles. The van der Waals surface area contributed by atoms with Crippen LogP contribution in [0.3, 0.4) is 0 Å². The van der Waals surface area contributed by atoms with Gasteiger partial charge in [-0.25, -0.2) is 0 Å². The molecule has 0 N–H and O–H groups in total. The molecule has 1 unspecified atom stereocenters. The number of ether oxygens (including phenoxy) is 1. The first kappa shape index (κ1) is 15.8. The van der Waals surface area contributed by atoms with Gasteiger partial charge in [0.25, 0.3) is 0 Å². The Balaban J connectivity index is 1.92. The number of benzene rings is 1. The molecule has 2 nitrogen and oxygen atoms in total. The number of carbonyl (C=O) groups is 1. The van der Waals surface area contributed by atoms with Crippen LogP contribution in [0.25, 0.3) is 0 Å². The van der Waals surface area contributed by atoms with E-state index in [1.165, 1.54) is 10.9 Å². The maximum atomic E-state index is 12.8. The maximum absolute atomic E-state index is 12.8. The predicted molar refractivity (Wildman–Crippen MR) is 90.4 cm³/mol. The summed E-state index contributed by atoms with van der Waals surface area (Å²) in [4.78, 5) is 12.8. The van der Waals surface area contributed by atoms with E-state index in [0.29, 0.717) is 0 Å². The van der Waals surface area contributed by atoms with Crippen LogP contribution in [-0.4, -0.2) is 26.5 Å². The van der Waals surface area contributed by atoms with E-state index in [0.717, 1.165) is 25.7 Å². The number of hydrogen-bond acceptors (Lipinski definition) is 2. The van der Waals surface area contributed by atoms with E-state index >= 15 is 0 Å². The van der Waals surface area contributed by atoms with Crippen molar-refractivity contribution in [3.05, 3.63) is 43.0 Å².